The van der Waals surface area contributed by atoms with E-state index < -0.39 is 0 Å². The van der Waals surface area contributed by atoms with Crippen molar-refractivity contribution in [3.8, 4) is 0 Å². The molecule has 0 bridgehead atoms. The van der Waals surface area contributed by atoms with Crippen molar-refractivity contribution in [3.05, 3.63) is 32.7 Å². The largest absolute Gasteiger partial charge is 0.316 e. The molecule has 1 aliphatic heterocycles. The molecular formula is C14H19N. The van der Waals surface area contributed by atoms with Crippen LogP contribution in [0.1, 0.15) is 22.3 Å². The van der Waals surface area contributed by atoms with Gasteiger partial charge in [-0.2, -0.15) is 0 Å². The second-order valence-corrected chi connectivity index (χ2v) is 4.41. The average molecular weight is 201 g/mol. The third-order valence-electron chi connectivity index (χ3n) is 3.66. The summed E-state index contributed by atoms with van der Waals surface area (Å²) < 4.78 is 0. The fourth-order valence-electron chi connectivity index (χ4n) is 2.42. The first-order valence-electron chi connectivity index (χ1n) is 5.62. The average Bonchev–Trinajstić information content (AvgIpc) is 2.48. The Morgan fingerprint density at radius 3 is 1.67 bits per heavy atom. The fraction of sp³-hybridized carbons (Fsp3) is 0.429. The zero-order valence-corrected chi connectivity index (χ0v) is 9.74. The Hall–Kier alpha value is -1.08. The van der Waals surface area contributed by atoms with Crippen molar-refractivity contribution in [2.24, 2.45) is 0 Å². The molecule has 1 aliphatic rings. The van der Waals surface area contributed by atoms with Crippen molar-refractivity contribution in [1.29, 1.82) is 0 Å². The molecule has 1 aromatic rings. The second kappa shape index (κ2) is 3.82. The number of rotatable bonds is 0. The highest BCUT2D eigenvalue weighted by atomic mass is 14.8. The van der Waals surface area contributed by atoms with Gasteiger partial charge in [0.15, 0.2) is 0 Å². The van der Waals surface area contributed by atoms with Gasteiger partial charge in [-0.25, -0.2) is 0 Å². The van der Waals surface area contributed by atoms with Gasteiger partial charge in [-0.3, -0.25) is 0 Å². The van der Waals surface area contributed by atoms with E-state index in [1.807, 2.05) is 0 Å². The quantitative estimate of drug-likeness (QED) is 0.655. The SMILES string of the molecule is C=c1c(C)c(C)c(=C)c2c1CCNCC2. The van der Waals surface area contributed by atoms with Crippen LogP contribution >= 0.6 is 0 Å². The van der Waals surface area contributed by atoms with Crippen LogP contribution in [0, 0.1) is 13.8 Å². The molecule has 0 aromatic heterocycles. The van der Waals surface area contributed by atoms with Gasteiger partial charge >= 0.3 is 0 Å². The number of nitrogens with one attached hydrogen (secondary N) is 1. The first kappa shape index (κ1) is 10.4. The molecule has 0 radical (unpaired) electrons. The standard InChI is InChI=1S/C14H19N/c1-9-10(2)12(4)14-6-8-15-7-5-13(14)11(9)3/h15H,3-8H2,1-2H3. The zero-order valence-electron chi connectivity index (χ0n) is 9.74. The third kappa shape index (κ3) is 1.61. The van der Waals surface area contributed by atoms with Crippen LogP contribution in [-0.2, 0) is 12.8 Å². The molecule has 0 unspecified atom stereocenters. The van der Waals surface area contributed by atoms with E-state index in [1.54, 1.807) is 0 Å². The highest BCUT2D eigenvalue weighted by Gasteiger charge is 2.12. The van der Waals surface area contributed by atoms with Crippen molar-refractivity contribution in [1.82, 2.24) is 5.32 Å². The summed E-state index contributed by atoms with van der Waals surface area (Å²) in [6, 6.07) is 0. The van der Waals surface area contributed by atoms with Crippen LogP contribution in [0.2, 0.25) is 0 Å². The molecule has 2 rings (SSSR count). The summed E-state index contributed by atoms with van der Waals surface area (Å²) in [5.41, 5.74) is 5.52. The summed E-state index contributed by atoms with van der Waals surface area (Å²) in [5.74, 6) is 0. The summed E-state index contributed by atoms with van der Waals surface area (Å²) in [6.45, 7) is 14.9. The maximum atomic E-state index is 4.22. The minimum atomic E-state index is 1.07. The summed E-state index contributed by atoms with van der Waals surface area (Å²) >= 11 is 0. The van der Waals surface area contributed by atoms with Crippen LogP contribution < -0.4 is 15.8 Å². The predicted octanol–water partition coefficient (Wildman–Crippen LogP) is 0.812. The van der Waals surface area contributed by atoms with Gasteiger partial charge in [0.1, 0.15) is 0 Å². The number of benzene rings is 1. The van der Waals surface area contributed by atoms with E-state index in [-0.39, 0.29) is 0 Å². The minimum Gasteiger partial charge on any atom is -0.316 e. The van der Waals surface area contributed by atoms with Gasteiger partial charge in [-0.05, 0) is 72.5 Å². The molecule has 0 aliphatic carbocycles. The topological polar surface area (TPSA) is 12.0 Å². The van der Waals surface area contributed by atoms with Crippen molar-refractivity contribution in [2.45, 2.75) is 26.7 Å². The number of hydrogen-bond acceptors (Lipinski definition) is 1. The molecule has 0 saturated heterocycles. The first-order chi connectivity index (χ1) is 7.13. The van der Waals surface area contributed by atoms with Gasteiger partial charge in [0.05, 0.1) is 0 Å². The molecule has 0 spiro atoms. The third-order valence-corrected chi connectivity index (χ3v) is 3.66. The molecule has 1 heterocycles. The second-order valence-electron chi connectivity index (χ2n) is 4.41. The van der Waals surface area contributed by atoms with Crippen LogP contribution in [0.3, 0.4) is 0 Å². The van der Waals surface area contributed by atoms with E-state index in [2.05, 4.69) is 32.3 Å². The van der Waals surface area contributed by atoms with Crippen LogP contribution in [0.25, 0.3) is 13.2 Å². The van der Waals surface area contributed by atoms with E-state index in [0.29, 0.717) is 0 Å². The lowest BCUT2D eigenvalue weighted by molar-refractivity contribution is 0.710. The lowest BCUT2D eigenvalue weighted by atomic mass is 9.92. The highest BCUT2D eigenvalue weighted by molar-refractivity contribution is 5.43. The Balaban J connectivity index is 2.78. The molecule has 0 atom stereocenters. The van der Waals surface area contributed by atoms with E-state index in [9.17, 15) is 0 Å². The Bertz CT molecular complexity index is 440. The Morgan fingerprint density at radius 1 is 0.867 bits per heavy atom. The molecule has 0 saturated carbocycles. The van der Waals surface area contributed by atoms with Crippen molar-refractivity contribution >= 4 is 13.2 Å². The molecule has 1 heteroatoms. The Labute approximate surface area is 91.5 Å². The lowest BCUT2D eigenvalue weighted by Gasteiger charge is -2.12. The number of fused-ring (bicyclic) bond motifs is 1. The number of hydrogen-bond donors (Lipinski definition) is 1. The fourth-order valence-corrected chi connectivity index (χ4v) is 2.42. The molecule has 1 aromatic carbocycles. The van der Waals surface area contributed by atoms with Crippen molar-refractivity contribution in [2.75, 3.05) is 13.1 Å². The van der Waals surface area contributed by atoms with Crippen LogP contribution in [0.15, 0.2) is 0 Å². The molecule has 1 N–H and O–H groups in total. The monoisotopic (exact) mass is 201 g/mol. The van der Waals surface area contributed by atoms with Crippen molar-refractivity contribution < 1.29 is 0 Å². The zero-order chi connectivity index (χ0) is 11.0. The van der Waals surface area contributed by atoms with Crippen LogP contribution in [0.4, 0.5) is 0 Å². The summed E-state index contributed by atoms with van der Waals surface area (Å²) in [6.07, 6.45) is 2.19. The van der Waals surface area contributed by atoms with Gasteiger partial charge < -0.3 is 5.32 Å². The van der Waals surface area contributed by atoms with E-state index in [4.69, 9.17) is 0 Å². The normalized spacial score (nSPS) is 15.9. The van der Waals surface area contributed by atoms with E-state index in [1.165, 1.54) is 32.7 Å². The van der Waals surface area contributed by atoms with Gasteiger partial charge in [0, 0.05) is 0 Å². The van der Waals surface area contributed by atoms with Gasteiger partial charge in [0.2, 0.25) is 0 Å². The van der Waals surface area contributed by atoms with E-state index >= 15 is 0 Å². The van der Waals surface area contributed by atoms with E-state index in [0.717, 1.165) is 25.9 Å². The first-order valence-corrected chi connectivity index (χ1v) is 5.62. The summed E-state index contributed by atoms with van der Waals surface area (Å²) in [5, 5.41) is 5.90. The van der Waals surface area contributed by atoms with Gasteiger partial charge in [0.25, 0.3) is 0 Å². The van der Waals surface area contributed by atoms with Gasteiger partial charge in [-0.15, -0.1) is 0 Å². The van der Waals surface area contributed by atoms with Crippen LogP contribution in [0.5, 0.6) is 0 Å². The summed E-state index contributed by atoms with van der Waals surface area (Å²) in [7, 11) is 0. The molecular weight excluding hydrogens is 182 g/mol. The van der Waals surface area contributed by atoms with Crippen molar-refractivity contribution in [3.63, 3.8) is 0 Å². The molecule has 80 valence electrons. The maximum absolute atomic E-state index is 4.22. The Kier molecular flexibility index (Phi) is 2.66. The molecule has 0 amide bonds. The molecule has 15 heavy (non-hydrogen) atoms. The van der Waals surface area contributed by atoms with Gasteiger partial charge in [-0.1, -0.05) is 13.2 Å². The molecule has 0 fully saturated rings. The smallest absolute Gasteiger partial charge is 0.000790 e. The summed E-state index contributed by atoms with van der Waals surface area (Å²) in [4.78, 5) is 0. The van der Waals surface area contributed by atoms with Crippen LogP contribution in [-0.4, -0.2) is 13.1 Å². The predicted molar refractivity (Wildman–Crippen MR) is 66.5 cm³/mol. The lowest BCUT2D eigenvalue weighted by Crippen LogP contribution is -2.26. The Morgan fingerprint density at radius 2 is 1.27 bits per heavy atom. The minimum absolute atomic E-state index is 1.07. The highest BCUT2D eigenvalue weighted by Crippen LogP contribution is 2.08. The maximum Gasteiger partial charge on any atom is -0.000790 e. The molecule has 1 nitrogen and oxygen atoms in total.